The summed E-state index contributed by atoms with van der Waals surface area (Å²) < 4.78 is 5.33. The van der Waals surface area contributed by atoms with Crippen molar-refractivity contribution in [2.45, 2.75) is 78.4 Å². The molecule has 0 saturated heterocycles. The van der Waals surface area contributed by atoms with Gasteiger partial charge in [-0.05, 0) is 82.2 Å². The van der Waals surface area contributed by atoms with Crippen LogP contribution in [0.4, 0.5) is 10.5 Å². The summed E-state index contributed by atoms with van der Waals surface area (Å²) in [4.78, 5) is 12.0. The molecule has 1 aliphatic rings. The first kappa shape index (κ1) is 19.8. The minimum Gasteiger partial charge on any atom is -0.444 e. The smallest absolute Gasteiger partial charge is 0.412 e. The lowest BCUT2D eigenvalue weighted by Crippen LogP contribution is -2.29. The molecule has 0 radical (unpaired) electrons. The van der Waals surface area contributed by atoms with Crippen molar-refractivity contribution in [1.29, 1.82) is 0 Å². The number of fused-ring (bicyclic) bond motifs is 1. The minimum atomic E-state index is -0.484. The van der Waals surface area contributed by atoms with Crippen LogP contribution in [-0.2, 0) is 11.2 Å². The average molecular weight is 347 g/mol. The Morgan fingerprint density at radius 2 is 2.12 bits per heavy atom. The van der Waals surface area contributed by atoms with Crippen LogP contribution in [0.2, 0.25) is 0 Å². The Kier molecular flexibility index (Phi) is 6.88. The van der Waals surface area contributed by atoms with Gasteiger partial charge in [0.25, 0.3) is 0 Å². The molecular formula is C21H34N2O2. The first-order valence-corrected chi connectivity index (χ1v) is 9.64. The van der Waals surface area contributed by atoms with E-state index >= 15 is 0 Å². The quantitative estimate of drug-likeness (QED) is 0.721. The van der Waals surface area contributed by atoms with E-state index in [-0.39, 0.29) is 0 Å². The first-order chi connectivity index (χ1) is 11.8. The third-order valence-electron chi connectivity index (χ3n) is 4.60. The van der Waals surface area contributed by atoms with E-state index in [1.807, 2.05) is 26.8 Å². The zero-order valence-electron chi connectivity index (χ0n) is 16.4. The molecule has 0 fully saturated rings. The van der Waals surface area contributed by atoms with Crippen molar-refractivity contribution in [3.05, 3.63) is 29.3 Å². The highest BCUT2D eigenvalue weighted by Crippen LogP contribution is 2.32. The third kappa shape index (κ3) is 6.35. The standard InChI is InChI=1S/C21H34N2O2/c1-6-8-15(2)14-22-19-10-7-9-16-13-17(11-12-18(16)19)23-20(24)25-21(3,4)5/h11-13,15,19,22H,6-10,14H2,1-5H3,(H,23,24). The van der Waals surface area contributed by atoms with E-state index in [4.69, 9.17) is 4.74 Å². The van der Waals surface area contributed by atoms with E-state index in [0.717, 1.165) is 18.7 Å². The van der Waals surface area contributed by atoms with Gasteiger partial charge in [-0.2, -0.15) is 0 Å². The van der Waals surface area contributed by atoms with E-state index in [2.05, 4.69) is 36.6 Å². The maximum Gasteiger partial charge on any atom is 0.412 e. The van der Waals surface area contributed by atoms with Gasteiger partial charge in [0.15, 0.2) is 0 Å². The molecule has 4 heteroatoms. The number of aryl methyl sites for hydroxylation is 1. The number of amides is 1. The summed E-state index contributed by atoms with van der Waals surface area (Å²) in [5, 5.41) is 6.59. The molecule has 2 N–H and O–H groups in total. The van der Waals surface area contributed by atoms with Crippen molar-refractivity contribution in [3.63, 3.8) is 0 Å². The Morgan fingerprint density at radius 3 is 2.80 bits per heavy atom. The molecule has 4 nitrogen and oxygen atoms in total. The molecule has 1 aliphatic carbocycles. The zero-order valence-corrected chi connectivity index (χ0v) is 16.4. The normalized spacial score (nSPS) is 18.4. The fraction of sp³-hybridized carbons (Fsp3) is 0.667. The van der Waals surface area contributed by atoms with E-state index < -0.39 is 11.7 Å². The molecule has 0 spiro atoms. The van der Waals surface area contributed by atoms with E-state index in [1.54, 1.807) is 0 Å². The maximum atomic E-state index is 12.0. The highest BCUT2D eigenvalue weighted by Gasteiger charge is 2.21. The summed E-state index contributed by atoms with van der Waals surface area (Å²) in [6, 6.07) is 6.67. The van der Waals surface area contributed by atoms with Gasteiger partial charge in [-0.3, -0.25) is 5.32 Å². The van der Waals surface area contributed by atoms with Gasteiger partial charge in [0.1, 0.15) is 5.60 Å². The molecule has 2 atom stereocenters. The van der Waals surface area contributed by atoms with Crippen LogP contribution in [-0.4, -0.2) is 18.2 Å². The summed E-state index contributed by atoms with van der Waals surface area (Å²) in [5.41, 5.74) is 3.04. The van der Waals surface area contributed by atoms with E-state index in [1.165, 1.54) is 36.8 Å². The maximum absolute atomic E-state index is 12.0. The monoisotopic (exact) mass is 346 g/mol. The Balaban J connectivity index is 2.00. The molecular weight excluding hydrogens is 312 g/mol. The van der Waals surface area contributed by atoms with Crippen LogP contribution in [0.5, 0.6) is 0 Å². The molecule has 2 unspecified atom stereocenters. The second-order valence-corrected chi connectivity index (χ2v) is 8.29. The zero-order chi connectivity index (χ0) is 18.4. The van der Waals surface area contributed by atoms with Crippen LogP contribution in [0.15, 0.2) is 18.2 Å². The second-order valence-electron chi connectivity index (χ2n) is 8.29. The van der Waals surface area contributed by atoms with Crippen LogP contribution >= 0.6 is 0 Å². The van der Waals surface area contributed by atoms with E-state index in [0.29, 0.717) is 12.0 Å². The lowest BCUT2D eigenvalue weighted by Gasteiger charge is -2.28. The Hall–Kier alpha value is -1.55. The second kappa shape index (κ2) is 8.70. The predicted octanol–water partition coefficient (Wildman–Crippen LogP) is 5.44. The van der Waals surface area contributed by atoms with Crippen molar-refractivity contribution in [1.82, 2.24) is 5.32 Å². The molecule has 0 bridgehead atoms. The summed E-state index contributed by atoms with van der Waals surface area (Å²) in [7, 11) is 0. The third-order valence-corrected chi connectivity index (χ3v) is 4.60. The topological polar surface area (TPSA) is 50.4 Å². The SMILES string of the molecule is CCCC(C)CNC1CCCc2cc(NC(=O)OC(C)(C)C)ccc21. The highest BCUT2D eigenvalue weighted by molar-refractivity contribution is 5.85. The molecule has 25 heavy (non-hydrogen) atoms. The molecule has 0 heterocycles. The summed E-state index contributed by atoms with van der Waals surface area (Å²) in [5.74, 6) is 0.712. The molecule has 0 aliphatic heterocycles. The Morgan fingerprint density at radius 1 is 1.36 bits per heavy atom. The molecule has 2 rings (SSSR count). The number of hydrogen-bond donors (Lipinski definition) is 2. The Bertz CT molecular complexity index is 578. The van der Waals surface area contributed by atoms with Crippen LogP contribution in [0.3, 0.4) is 0 Å². The van der Waals surface area contributed by atoms with Gasteiger partial charge in [-0.15, -0.1) is 0 Å². The number of ether oxygens (including phenoxy) is 1. The molecule has 1 amide bonds. The number of carbonyl (C=O) groups excluding carboxylic acids is 1. The van der Waals surface area contributed by atoms with Crippen molar-refractivity contribution in [2.75, 3.05) is 11.9 Å². The molecule has 0 aromatic heterocycles. The van der Waals surface area contributed by atoms with Crippen molar-refractivity contribution >= 4 is 11.8 Å². The first-order valence-electron chi connectivity index (χ1n) is 9.64. The fourth-order valence-electron chi connectivity index (χ4n) is 3.46. The number of carbonyl (C=O) groups is 1. The van der Waals surface area contributed by atoms with Crippen molar-refractivity contribution < 1.29 is 9.53 Å². The number of anilines is 1. The summed E-state index contributed by atoms with van der Waals surface area (Å²) in [6.45, 7) is 11.2. The van der Waals surface area contributed by atoms with Crippen molar-refractivity contribution in [2.24, 2.45) is 5.92 Å². The van der Waals surface area contributed by atoms with Crippen LogP contribution in [0, 0.1) is 5.92 Å². The fourth-order valence-corrected chi connectivity index (χ4v) is 3.46. The van der Waals surface area contributed by atoms with Gasteiger partial charge in [0.05, 0.1) is 0 Å². The number of nitrogens with one attached hydrogen (secondary N) is 2. The molecule has 1 aromatic carbocycles. The van der Waals surface area contributed by atoms with Gasteiger partial charge in [-0.1, -0.05) is 26.3 Å². The number of rotatable bonds is 6. The lowest BCUT2D eigenvalue weighted by molar-refractivity contribution is 0.0636. The predicted molar refractivity (Wildman–Crippen MR) is 104 cm³/mol. The minimum absolute atomic E-state index is 0.397. The van der Waals surface area contributed by atoms with Gasteiger partial charge >= 0.3 is 6.09 Å². The van der Waals surface area contributed by atoms with Crippen LogP contribution in [0.25, 0.3) is 0 Å². The summed E-state index contributed by atoms with van der Waals surface area (Å²) >= 11 is 0. The van der Waals surface area contributed by atoms with Gasteiger partial charge in [0, 0.05) is 11.7 Å². The molecule has 140 valence electrons. The molecule has 1 aromatic rings. The highest BCUT2D eigenvalue weighted by atomic mass is 16.6. The average Bonchev–Trinajstić information content (AvgIpc) is 2.51. The number of hydrogen-bond acceptors (Lipinski definition) is 3. The number of benzene rings is 1. The summed E-state index contributed by atoms with van der Waals surface area (Å²) in [6.07, 6.45) is 5.55. The van der Waals surface area contributed by atoms with Crippen LogP contribution < -0.4 is 10.6 Å². The van der Waals surface area contributed by atoms with Crippen molar-refractivity contribution in [3.8, 4) is 0 Å². The molecule has 0 saturated carbocycles. The van der Waals surface area contributed by atoms with Gasteiger partial charge < -0.3 is 10.1 Å². The van der Waals surface area contributed by atoms with Gasteiger partial charge in [-0.25, -0.2) is 4.79 Å². The lowest BCUT2D eigenvalue weighted by atomic mass is 9.87. The van der Waals surface area contributed by atoms with Gasteiger partial charge in [0.2, 0.25) is 0 Å². The Labute approximate surface area is 152 Å². The van der Waals surface area contributed by atoms with Crippen LogP contribution in [0.1, 0.15) is 77.5 Å². The largest absolute Gasteiger partial charge is 0.444 e. The van der Waals surface area contributed by atoms with E-state index in [9.17, 15) is 4.79 Å².